The first-order valence-electron chi connectivity index (χ1n) is 7.28. The van der Waals surface area contributed by atoms with E-state index in [1.165, 1.54) is 22.3 Å². The molecule has 0 saturated carbocycles. The zero-order chi connectivity index (χ0) is 14.4. The van der Waals surface area contributed by atoms with Gasteiger partial charge >= 0.3 is 0 Å². The van der Waals surface area contributed by atoms with Gasteiger partial charge in [-0.3, -0.25) is 5.10 Å². The summed E-state index contributed by atoms with van der Waals surface area (Å²) in [6, 6.07) is 17.2. The summed E-state index contributed by atoms with van der Waals surface area (Å²) in [5, 5.41) is 9.58. The van der Waals surface area contributed by atoms with Gasteiger partial charge in [0, 0.05) is 22.2 Å². The van der Waals surface area contributed by atoms with Crippen LogP contribution in [0, 0.1) is 0 Å². The highest BCUT2D eigenvalue weighted by Crippen LogP contribution is 2.31. The molecule has 0 amide bonds. The van der Waals surface area contributed by atoms with E-state index in [1.54, 1.807) is 0 Å². The Labute approximate surface area is 123 Å². The van der Waals surface area contributed by atoms with Crippen molar-refractivity contribution in [3.8, 4) is 5.69 Å². The highest BCUT2D eigenvalue weighted by atomic mass is 15.1. The van der Waals surface area contributed by atoms with Crippen molar-refractivity contribution in [3.63, 3.8) is 0 Å². The molecule has 2 aromatic heterocycles. The lowest BCUT2D eigenvalue weighted by Gasteiger charge is -2.13. The molecule has 3 heteroatoms. The summed E-state index contributed by atoms with van der Waals surface area (Å²) in [5.74, 6) is 0.467. The first-order valence-corrected chi connectivity index (χ1v) is 7.28. The molecule has 1 N–H and O–H groups in total. The molecule has 4 aromatic rings. The topological polar surface area (TPSA) is 33.6 Å². The molecule has 0 radical (unpaired) electrons. The van der Waals surface area contributed by atoms with Crippen molar-refractivity contribution in [2.75, 3.05) is 0 Å². The fourth-order valence-electron chi connectivity index (χ4n) is 2.96. The van der Waals surface area contributed by atoms with Crippen molar-refractivity contribution >= 4 is 21.8 Å². The normalized spacial score (nSPS) is 11.8. The second-order valence-corrected chi connectivity index (χ2v) is 5.76. The number of benzene rings is 2. The lowest BCUT2D eigenvalue weighted by molar-refractivity contribution is 0.796. The van der Waals surface area contributed by atoms with Gasteiger partial charge in [-0.25, -0.2) is 0 Å². The zero-order valence-corrected chi connectivity index (χ0v) is 12.2. The van der Waals surface area contributed by atoms with Crippen LogP contribution in [0.3, 0.4) is 0 Å². The molecule has 0 atom stereocenters. The Hall–Kier alpha value is -2.55. The summed E-state index contributed by atoms with van der Waals surface area (Å²) in [7, 11) is 0. The number of fused-ring (bicyclic) bond motifs is 2. The Morgan fingerprint density at radius 1 is 1.00 bits per heavy atom. The molecule has 0 aliphatic heterocycles. The molecule has 0 saturated heterocycles. The summed E-state index contributed by atoms with van der Waals surface area (Å²) < 4.78 is 2.35. The largest absolute Gasteiger partial charge is 0.313 e. The molecule has 4 rings (SSSR count). The molecule has 0 aliphatic rings. The van der Waals surface area contributed by atoms with Crippen molar-refractivity contribution < 1.29 is 0 Å². The zero-order valence-electron chi connectivity index (χ0n) is 12.2. The Kier molecular flexibility index (Phi) is 2.61. The number of para-hydroxylation sites is 1. The van der Waals surface area contributed by atoms with Gasteiger partial charge in [-0.2, -0.15) is 5.10 Å². The summed E-state index contributed by atoms with van der Waals surface area (Å²) in [6.07, 6.45) is 1.88. The highest BCUT2D eigenvalue weighted by molar-refractivity contribution is 5.96. The number of hydrogen-bond acceptors (Lipinski definition) is 1. The van der Waals surface area contributed by atoms with E-state index in [1.807, 2.05) is 6.20 Å². The maximum absolute atomic E-state index is 4.13. The number of aromatic amines is 1. The van der Waals surface area contributed by atoms with Gasteiger partial charge in [-0.15, -0.1) is 0 Å². The fourth-order valence-corrected chi connectivity index (χ4v) is 2.96. The van der Waals surface area contributed by atoms with E-state index >= 15 is 0 Å². The van der Waals surface area contributed by atoms with E-state index < -0.39 is 0 Å². The summed E-state index contributed by atoms with van der Waals surface area (Å²) in [4.78, 5) is 0. The average molecular weight is 275 g/mol. The maximum Gasteiger partial charge on any atom is 0.0657 e. The van der Waals surface area contributed by atoms with E-state index in [9.17, 15) is 0 Å². The number of hydrogen-bond donors (Lipinski definition) is 1. The van der Waals surface area contributed by atoms with Gasteiger partial charge < -0.3 is 4.57 Å². The van der Waals surface area contributed by atoms with Crippen molar-refractivity contribution in [2.24, 2.45) is 0 Å². The smallest absolute Gasteiger partial charge is 0.0657 e. The van der Waals surface area contributed by atoms with Crippen LogP contribution in [0.25, 0.3) is 27.5 Å². The molecule has 0 aliphatic carbocycles. The van der Waals surface area contributed by atoms with Gasteiger partial charge in [-0.05, 0) is 36.2 Å². The van der Waals surface area contributed by atoms with Gasteiger partial charge in [0.2, 0.25) is 0 Å². The molecule has 0 bridgehead atoms. The number of H-pyrrole nitrogens is 1. The van der Waals surface area contributed by atoms with Crippen LogP contribution in [0.1, 0.15) is 25.5 Å². The molecule has 2 aromatic carbocycles. The number of rotatable bonds is 2. The molecule has 0 spiro atoms. The summed E-state index contributed by atoms with van der Waals surface area (Å²) in [6.45, 7) is 4.47. The third kappa shape index (κ3) is 1.85. The molecule has 21 heavy (non-hydrogen) atoms. The van der Waals surface area contributed by atoms with Crippen LogP contribution in [0.4, 0.5) is 0 Å². The number of aromatic nitrogens is 3. The minimum Gasteiger partial charge on any atom is -0.313 e. The van der Waals surface area contributed by atoms with E-state index in [4.69, 9.17) is 0 Å². The first kappa shape index (κ1) is 12.2. The third-order valence-corrected chi connectivity index (χ3v) is 4.00. The molecule has 0 fully saturated rings. The molecule has 104 valence electrons. The van der Waals surface area contributed by atoms with E-state index in [2.05, 4.69) is 77.1 Å². The minimum absolute atomic E-state index is 0.467. The summed E-state index contributed by atoms with van der Waals surface area (Å²) in [5.41, 5.74) is 4.86. The van der Waals surface area contributed by atoms with Crippen molar-refractivity contribution in [3.05, 3.63) is 60.4 Å². The SMILES string of the molecule is CC(C)c1cc2cc3[nH]ncc3cc2n1-c1ccccc1. The first-order chi connectivity index (χ1) is 10.2. The monoisotopic (exact) mass is 275 g/mol. The van der Waals surface area contributed by atoms with Crippen LogP contribution in [0.2, 0.25) is 0 Å². The lowest BCUT2D eigenvalue weighted by atomic mass is 10.1. The van der Waals surface area contributed by atoms with E-state index in [-0.39, 0.29) is 0 Å². The van der Waals surface area contributed by atoms with E-state index in [0.29, 0.717) is 5.92 Å². The van der Waals surface area contributed by atoms with Gasteiger partial charge in [-0.1, -0.05) is 32.0 Å². The third-order valence-electron chi connectivity index (χ3n) is 4.00. The van der Waals surface area contributed by atoms with Gasteiger partial charge in [0.25, 0.3) is 0 Å². The lowest BCUT2D eigenvalue weighted by Crippen LogP contribution is -2.01. The van der Waals surface area contributed by atoms with Crippen molar-refractivity contribution in [1.29, 1.82) is 0 Å². The van der Waals surface area contributed by atoms with Crippen LogP contribution in [-0.4, -0.2) is 14.8 Å². The van der Waals surface area contributed by atoms with Crippen LogP contribution < -0.4 is 0 Å². The maximum atomic E-state index is 4.13. The van der Waals surface area contributed by atoms with Crippen LogP contribution >= 0.6 is 0 Å². The standard InChI is InChI=1S/C18H17N3/c1-12(2)17-9-13-8-16-14(11-19-20-16)10-18(13)21(17)15-6-4-3-5-7-15/h3-12H,1-2H3,(H,19,20). The minimum atomic E-state index is 0.467. The van der Waals surface area contributed by atoms with Gasteiger partial charge in [0.15, 0.2) is 0 Å². The Morgan fingerprint density at radius 3 is 2.57 bits per heavy atom. The Morgan fingerprint density at radius 2 is 1.81 bits per heavy atom. The predicted octanol–water partition coefficient (Wildman–Crippen LogP) is 4.63. The Balaban J connectivity index is 2.11. The molecule has 2 heterocycles. The molecular weight excluding hydrogens is 258 g/mol. The van der Waals surface area contributed by atoms with Gasteiger partial charge in [0.1, 0.15) is 0 Å². The number of nitrogens with one attached hydrogen (secondary N) is 1. The Bertz CT molecular complexity index is 914. The van der Waals surface area contributed by atoms with Crippen LogP contribution in [0.15, 0.2) is 54.7 Å². The molecule has 0 unspecified atom stereocenters. The second kappa shape index (κ2) is 4.48. The quantitative estimate of drug-likeness (QED) is 0.568. The van der Waals surface area contributed by atoms with Crippen LogP contribution in [-0.2, 0) is 0 Å². The molecular formula is C18H17N3. The molecule has 3 nitrogen and oxygen atoms in total. The summed E-state index contributed by atoms with van der Waals surface area (Å²) >= 11 is 0. The number of nitrogens with zero attached hydrogens (tertiary/aromatic N) is 2. The predicted molar refractivity (Wildman–Crippen MR) is 87.0 cm³/mol. The fraction of sp³-hybridized carbons (Fsp3) is 0.167. The highest BCUT2D eigenvalue weighted by Gasteiger charge is 2.14. The second-order valence-electron chi connectivity index (χ2n) is 5.76. The van der Waals surface area contributed by atoms with Crippen LogP contribution in [0.5, 0.6) is 0 Å². The average Bonchev–Trinajstić information content (AvgIpc) is 3.08. The van der Waals surface area contributed by atoms with E-state index in [0.717, 1.165) is 10.9 Å². The van der Waals surface area contributed by atoms with Gasteiger partial charge in [0.05, 0.1) is 17.2 Å². The van der Waals surface area contributed by atoms with Crippen molar-refractivity contribution in [2.45, 2.75) is 19.8 Å². The van der Waals surface area contributed by atoms with Crippen molar-refractivity contribution in [1.82, 2.24) is 14.8 Å².